The molecule has 0 aromatic heterocycles. The molecule has 0 fully saturated rings. The van der Waals surface area contributed by atoms with Crippen molar-refractivity contribution in [3.63, 3.8) is 0 Å². The van der Waals surface area contributed by atoms with Gasteiger partial charge in [0.15, 0.2) is 0 Å². The van der Waals surface area contributed by atoms with E-state index in [0.29, 0.717) is 0 Å². The van der Waals surface area contributed by atoms with Gasteiger partial charge >= 0.3 is 61.9 Å². The number of nitrogens with zero attached hydrogens (tertiary/aromatic N) is 1. The van der Waals surface area contributed by atoms with Crippen molar-refractivity contribution in [2.45, 2.75) is 22.0 Å². The van der Waals surface area contributed by atoms with Crippen LogP contribution in [0.1, 0.15) is 13.8 Å². The zero-order valence-corrected chi connectivity index (χ0v) is 7.99. The Balaban J connectivity index is 3.71. The molecule has 0 aromatic carbocycles. The Bertz CT molecular complexity index is 97.0. The SMILES string of the molecule is CC(O)I(C)C(C)N=O. The Labute approximate surface area is 62.2 Å². The molecule has 1 N–H and O–H groups in total. The molecule has 0 rings (SSSR count). The second-order valence-corrected chi connectivity index (χ2v) is 8.63. The first-order chi connectivity index (χ1) is 4.09. The van der Waals surface area contributed by atoms with Gasteiger partial charge in [0.2, 0.25) is 0 Å². The van der Waals surface area contributed by atoms with Crippen molar-refractivity contribution in [1.29, 1.82) is 0 Å². The summed E-state index contributed by atoms with van der Waals surface area (Å²) >= 11 is -1.45. The quantitative estimate of drug-likeness (QED) is 0.355. The van der Waals surface area contributed by atoms with Crippen molar-refractivity contribution >= 4 is 19.8 Å². The van der Waals surface area contributed by atoms with E-state index in [2.05, 4.69) is 5.18 Å². The Morgan fingerprint density at radius 1 is 1.56 bits per heavy atom. The Morgan fingerprint density at radius 3 is 2.11 bits per heavy atom. The van der Waals surface area contributed by atoms with Crippen molar-refractivity contribution in [3.05, 3.63) is 4.91 Å². The number of halogens is 1. The predicted octanol–water partition coefficient (Wildman–Crippen LogP) is 1.57. The fourth-order valence-electron chi connectivity index (χ4n) is 0.327. The third kappa shape index (κ3) is 3.10. The topological polar surface area (TPSA) is 49.7 Å². The molecule has 0 saturated carbocycles. The average Bonchev–Trinajstić information content (AvgIpc) is 1.84. The molecule has 9 heavy (non-hydrogen) atoms. The van der Waals surface area contributed by atoms with Crippen LogP contribution < -0.4 is 0 Å². The molecule has 0 heterocycles. The molecule has 4 heteroatoms. The van der Waals surface area contributed by atoms with Gasteiger partial charge in [0.25, 0.3) is 0 Å². The molecular weight excluding hydrogens is 233 g/mol. The summed E-state index contributed by atoms with van der Waals surface area (Å²) in [6.45, 7) is 3.50. The average molecular weight is 245 g/mol. The van der Waals surface area contributed by atoms with E-state index in [9.17, 15) is 4.91 Å². The second kappa shape index (κ2) is 4.16. The Hall–Kier alpha value is 0.290. The van der Waals surface area contributed by atoms with Crippen LogP contribution in [0.4, 0.5) is 0 Å². The molecule has 2 unspecified atom stereocenters. The normalized spacial score (nSPS) is 18.4. The van der Waals surface area contributed by atoms with Gasteiger partial charge in [0.1, 0.15) is 0 Å². The minimum absolute atomic E-state index is 0.130. The first kappa shape index (κ1) is 9.29. The van der Waals surface area contributed by atoms with Crippen LogP contribution in [0.3, 0.4) is 0 Å². The van der Waals surface area contributed by atoms with Gasteiger partial charge in [-0.25, -0.2) is 0 Å². The molecule has 0 amide bonds. The summed E-state index contributed by atoms with van der Waals surface area (Å²) in [7, 11) is 0. The van der Waals surface area contributed by atoms with Gasteiger partial charge in [-0.15, -0.1) is 0 Å². The van der Waals surface area contributed by atoms with Crippen LogP contribution >= 0.6 is 19.8 Å². The summed E-state index contributed by atoms with van der Waals surface area (Å²) < 4.78 is -0.420. The van der Waals surface area contributed by atoms with Crippen LogP contribution in [0, 0.1) is 4.91 Å². The van der Waals surface area contributed by atoms with Gasteiger partial charge in [-0.1, -0.05) is 0 Å². The standard InChI is InChI=1S/C5H12INO2/c1-4(7-9)6(3)5(2)8/h4-5,8H,1-3H3. The molecule has 0 aromatic rings. The first-order valence-corrected chi connectivity index (χ1v) is 7.32. The molecule has 0 aliphatic rings. The number of aliphatic hydroxyl groups excluding tert-OH is 1. The minimum atomic E-state index is -1.45. The van der Waals surface area contributed by atoms with Crippen LogP contribution in [0.25, 0.3) is 0 Å². The molecule has 0 aliphatic carbocycles. The fraction of sp³-hybridized carbons (Fsp3) is 1.00. The van der Waals surface area contributed by atoms with Crippen LogP contribution in [0.5, 0.6) is 0 Å². The zero-order chi connectivity index (χ0) is 7.44. The predicted molar refractivity (Wildman–Crippen MR) is 46.9 cm³/mol. The van der Waals surface area contributed by atoms with E-state index in [1.807, 2.05) is 4.93 Å². The molecule has 0 spiro atoms. The van der Waals surface area contributed by atoms with E-state index in [4.69, 9.17) is 5.11 Å². The van der Waals surface area contributed by atoms with Gasteiger partial charge in [0.05, 0.1) is 0 Å². The summed E-state index contributed by atoms with van der Waals surface area (Å²) in [4.78, 5) is 11.9. The fourth-order valence-corrected chi connectivity index (χ4v) is 2.19. The van der Waals surface area contributed by atoms with Crippen molar-refractivity contribution in [3.8, 4) is 0 Å². The summed E-state index contributed by atoms with van der Waals surface area (Å²) in [6, 6.07) is 0. The zero-order valence-electron chi connectivity index (χ0n) is 5.84. The van der Waals surface area contributed by atoms with Crippen molar-refractivity contribution in [1.82, 2.24) is 0 Å². The van der Waals surface area contributed by atoms with Crippen LogP contribution in [0.15, 0.2) is 5.18 Å². The molecule has 2 atom stereocenters. The van der Waals surface area contributed by atoms with E-state index in [1.165, 1.54) is 0 Å². The molecule has 0 radical (unpaired) electrons. The van der Waals surface area contributed by atoms with Crippen molar-refractivity contribution in [2.24, 2.45) is 5.18 Å². The Morgan fingerprint density at radius 2 is 2.00 bits per heavy atom. The van der Waals surface area contributed by atoms with Gasteiger partial charge in [0, 0.05) is 0 Å². The first-order valence-electron chi connectivity index (χ1n) is 2.67. The summed E-state index contributed by atoms with van der Waals surface area (Å²) in [6.07, 6.45) is 0. The monoisotopic (exact) mass is 245 g/mol. The van der Waals surface area contributed by atoms with Gasteiger partial charge in [-0.05, 0) is 0 Å². The number of rotatable bonds is 3. The number of hydrogen-bond donors (Lipinski definition) is 1. The molecule has 56 valence electrons. The van der Waals surface area contributed by atoms with Crippen molar-refractivity contribution in [2.75, 3.05) is 4.93 Å². The maximum absolute atomic E-state index is 9.93. The molecule has 3 nitrogen and oxygen atoms in total. The summed E-state index contributed by atoms with van der Waals surface area (Å²) in [5, 5.41) is 11.9. The molecule has 0 saturated heterocycles. The van der Waals surface area contributed by atoms with E-state index >= 15 is 0 Å². The third-order valence-corrected chi connectivity index (χ3v) is 7.06. The van der Waals surface area contributed by atoms with E-state index in [1.54, 1.807) is 13.8 Å². The van der Waals surface area contributed by atoms with E-state index < -0.39 is 19.8 Å². The number of nitroso groups, excluding NO2 is 1. The van der Waals surface area contributed by atoms with Gasteiger partial charge in [-0.3, -0.25) is 0 Å². The van der Waals surface area contributed by atoms with Gasteiger partial charge in [-0.2, -0.15) is 0 Å². The van der Waals surface area contributed by atoms with Crippen LogP contribution in [-0.2, 0) is 0 Å². The van der Waals surface area contributed by atoms with Gasteiger partial charge < -0.3 is 0 Å². The molecular formula is C5H12INO2. The maximum atomic E-state index is 9.93. The van der Waals surface area contributed by atoms with Crippen LogP contribution in [0.2, 0.25) is 0 Å². The number of hydrogen-bond acceptors (Lipinski definition) is 3. The number of alkyl halides is 3. The molecule has 0 bridgehead atoms. The second-order valence-electron chi connectivity index (χ2n) is 1.82. The van der Waals surface area contributed by atoms with E-state index in [0.717, 1.165) is 0 Å². The van der Waals surface area contributed by atoms with Crippen LogP contribution in [-0.4, -0.2) is 18.2 Å². The Kier molecular flexibility index (Phi) is 4.29. The van der Waals surface area contributed by atoms with Crippen molar-refractivity contribution < 1.29 is 5.11 Å². The van der Waals surface area contributed by atoms with E-state index in [-0.39, 0.29) is 8.16 Å². The molecule has 0 aliphatic heterocycles. The summed E-state index contributed by atoms with van der Waals surface area (Å²) in [5.41, 5.74) is 0. The summed E-state index contributed by atoms with van der Waals surface area (Å²) in [5.74, 6) is 0. The number of aliphatic hydroxyl groups is 1. The third-order valence-electron chi connectivity index (χ3n) is 1.14.